The molecule has 7 heteroatoms. The van der Waals surface area contributed by atoms with Crippen LogP contribution in [0.5, 0.6) is 0 Å². The molecular formula is C20H21N3O3S. The molecule has 0 saturated heterocycles. The number of thioether (sulfide) groups is 1. The van der Waals surface area contributed by atoms with Crippen molar-refractivity contribution >= 4 is 29.3 Å². The van der Waals surface area contributed by atoms with E-state index in [0.717, 1.165) is 5.69 Å². The molecule has 1 heterocycles. The number of amides is 1. The maximum atomic E-state index is 12.6. The first-order valence-electron chi connectivity index (χ1n) is 8.58. The highest BCUT2D eigenvalue weighted by molar-refractivity contribution is 8.00. The standard InChI is InChI=1S/C20H21N3O3S/c1-4-23(16-9-7-6-8-10-16)18(24)13-27-19-15(12-21)11-17(14(3)22-19)20(25)26-5-2/h6-11H,4-5,13H2,1-3H3. The highest BCUT2D eigenvalue weighted by Gasteiger charge is 2.19. The molecule has 27 heavy (non-hydrogen) atoms. The van der Waals surface area contributed by atoms with Gasteiger partial charge < -0.3 is 9.64 Å². The van der Waals surface area contributed by atoms with Crippen LogP contribution >= 0.6 is 11.8 Å². The van der Waals surface area contributed by atoms with Gasteiger partial charge in [-0.15, -0.1) is 0 Å². The topological polar surface area (TPSA) is 83.3 Å². The number of benzene rings is 1. The molecule has 0 radical (unpaired) electrons. The predicted octanol–water partition coefficient (Wildman–Crippen LogP) is 3.58. The van der Waals surface area contributed by atoms with E-state index in [9.17, 15) is 14.9 Å². The lowest BCUT2D eigenvalue weighted by molar-refractivity contribution is -0.116. The van der Waals surface area contributed by atoms with E-state index in [1.165, 1.54) is 17.8 Å². The zero-order valence-corrected chi connectivity index (χ0v) is 16.4. The average Bonchev–Trinajstić information content (AvgIpc) is 2.68. The summed E-state index contributed by atoms with van der Waals surface area (Å²) in [5, 5.41) is 9.82. The third-order valence-corrected chi connectivity index (χ3v) is 4.79. The summed E-state index contributed by atoms with van der Waals surface area (Å²) in [5.41, 5.74) is 1.82. The molecule has 0 aliphatic heterocycles. The van der Waals surface area contributed by atoms with E-state index < -0.39 is 5.97 Å². The Morgan fingerprint density at radius 3 is 2.56 bits per heavy atom. The lowest BCUT2D eigenvalue weighted by Gasteiger charge is -2.20. The van der Waals surface area contributed by atoms with Gasteiger partial charge in [-0.05, 0) is 39.0 Å². The Bertz CT molecular complexity index is 863. The van der Waals surface area contributed by atoms with Crippen LogP contribution in [0, 0.1) is 18.3 Å². The molecule has 1 aromatic heterocycles. The van der Waals surface area contributed by atoms with Crippen LogP contribution < -0.4 is 4.90 Å². The second-order valence-corrected chi connectivity index (χ2v) is 6.53. The van der Waals surface area contributed by atoms with Crippen LogP contribution in [0.3, 0.4) is 0 Å². The fourth-order valence-corrected chi connectivity index (χ4v) is 3.39. The average molecular weight is 383 g/mol. The van der Waals surface area contributed by atoms with E-state index in [0.29, 0.717) is 17.3 Å². The van der Waals surface area contributed by atoms with E-state index in [4.69, 9.17) is 4.74 Å². The van der Waals surface area contributed by atoms with Gasteiger partial charge in [-0.2, -0.15) is 5.26 Å². The highest BCUT2D eigenvalue weighted by Crippen LogP contribution is 2.24. The molecular weight excluding hydrogens is 362 g/mol. The predicted molar refractivity (Wildman–Crippen MR) is 105 cm³/mol. The summed E-state index contributed by atoms with van der Waals surface area (Å²) in [6, 6.07) is 12.9. The number of para-hydroxylation sites is 1. The highest BCUT2D eigenvalue weighted by atomic mass is 32.2. The van der Waals surface area contributed by atoms with Crippen LogP contribution in [0.25, 0.3) is 0 Å². The molecule has 1 amide bonds. The van der Waals surface area contributed by atoms with Gasteiger partial charge in [-0.3, -0.25) is 4.79 Å². The molecule has 2 rings (SSSR count). The molecule has 0 N–H and O–H groups in total. The van der Waals surface area contributed by atoms with Crippen molar-refractivity contribution in [2.45, 2.75) is 25.8 Å². The SMILES string of the molecule is CCOC(=O)c1cc(C#N)c(SCC(=O)N(CC)c2ccccc2)nc1C. The Hall–Kier alpha value is -2.85. The summed E-state index contributed by atoms with van der Waals surface area (Å²) in [4.78, 5) is 30.6. The van der Waals surface area contributed by atoms with Crippen molar-refractivity contribution in [3.05, 3.63) is 53.2 Å². The summed E-state index contributed by atoms with van der Waals surface area (Å²) >= 11 is 1.19. The quantitative estimate of drug-likeness (QED) is 0.537. The Labute approximate surface area is 163 Å². The number of nitriles is 1. The molecule has 0 saturated carbocycles. The summed E-state index contributed by atoms with van der Waals surface area (Å²) in [6.45, 7) is 6.10. The minimum Gasteiger partial charge on any atom is -0.462 e. The van der Waals surface area contributed by atoms with Crippen LogP contribution in [0.1, 0.15) is 35.5 Å². The number of anilines is 1. The Morgan fingerprint density at radius 2 is 1.96 bits per heavy atom. The number of nitrogens with zero attached hydrogens (tertiary/aromatic N) is 3. The van der Waals surface area contributed by atoms with Gasteiger partial charge in [-0.25, -0.2) is 9.78 Å². The molecule has 0 fully saturated rings. The van der Waals surface area contributed by atoms with Crippen molar-refractivity contribution in [1.82, 2.24) is 4.98 Å². The lowest BCUT2D eigenvalue weighted by atomic mass is 10.1. The first-order valence-corrected chi connectivity index (χ1v) is 9.57. The fourth-order valence-electron chi connectivity index (χ4n) is 2.51. The molecule has 140 valence electrons. The smallest absolute Gasteiger partial charge is 0.340 e. The number of hydrogen-bond acceptors (Lipinski definition) is 6. The normalized spacial score (nSPS) is 10.1. The monoisotopic (exact) mass is 383 g/mol. The number of aromatic nitrogens is 1. The first-order chi connectivity index (χ1) is 13.0. The maximum absolute atomic E-state index is 12.6. The number of esters is 1. The maximum Gasteiger partial charge on any atom is 0.340 e. The summed E-state index contributed by atoms with van der Waals surface area (Å²) in [6.07, 6.45) is 0. The van der Waals surface area contributed by atoms with Crippen LogP contribution in [-0.4, -0.2) is 35.8 Å². The van der Waals surface area contributed by atoms with E-state index in [1.54, 1.807) is 18.7 Å². The molecule has 1 aromatic carbocycles. The number of aryl methyl sites for hydroxylation is 1. The van der Waals surface area contributed by atoms with Gasteiger partial charge in [0.25, 0.3) is 0 Å². The summed E-state index contributed by atoms with van der Waals surface area (Å²) in [7, 11) is 0. The molecule has 0 unspecified atom stereocenters. The van der Waals surface area contributed by atoms with Crippen molar-refractivity contribution in [2.24, 2.45) is 0 Å². The van der Waals surface area contributed by atoms with Crippen molar-refractivity contribution in [2.75, 3.05) is 23.8 Å². The van der Waals surface area contributed by atoms with Crippen LogP contribution in [0.15, 0.2) is 41.4 Å². The number of ether oxygens (including phenoxy) is 1. The van der Waals surface area contributed by atoms with Gasteiger partial charge in [0.05, 0.1) is 29.2 Å². The number of hydrogen-bond donors (Lipinski definition) is 0. The van der Waals surface area contributed by atoms with E-state index in [2.05, 4.69) is 4.98 Å². The molecule has 0 bridgehead atoms. The van der Waals surface area contributed by atoms with E-state index >= 15 is 0 Å². The molecule has 6 nitrogen and oxygen atoms in total. The largest absolute Gasteiger partial charge is 0.462 e. The van der Waals surface area contributed by atoms with Crippen molar-refractivity contribution in [1.29, 1.82) is 5.26 Å². The number of carbonyl (C=O) groups excluding carboxylic acids is 2. The van der Waals surface area contributed by atoms with E-state index in [1.807, 2.05) is 43.3 Å². The number of pyridine rings is 1. The third-order valence-electron chi connectivity index (χ3n) is 3.81. The van der Waals surface area contributed by atoms with Gasteiger partial charge >= 0.3 is 5.97 Å². The third kappa shape index (κ3) is 5.08. The van der Waals surface area contributed by atoms with Gasteiger partial charge in [0.1, 0.15) is 11.1 Å². The minimum atomic E-state index is -0.507. The minimum absolute atomic E-state index is 0.0773. The Kier molecular flexibility index (Phi) is 7.38. The number of carbonyl (C=O) groups is 2. The van der Waals surface area contributed by atoms with Crippen LogP contribution in [0.4, 0.5) is 5.69 Å². The molecule has 2 aromatic rings. The fraction of sp³-hybridized carbons (Fsp3) is 0.300. The second-order valence-electron chi connectivity index (χ2n) is 5.57. The summed E-state index contributed by atoms with van der Waals surface area (Å²) in [5.74, 6) is -0.442. The first kappa shape index (κ1) is 20.5. The second kappa shape index (κ2) is 9.74. The Balaban J connectivity index is 2.17. The van der Waals surface area contributed by atoms with Gasteiger partial charge in [0.15, 0.2) is 0 Å². The molecule has 0 aliphatic carbocycles. The van der Waals surface area contributed by atoms with E-state index in [-0.39, 0.29) is 29.4 Å². The lowest BCUT2D eigenvalue weighted by Crippen LogP contribution is -2.32. The van der Waals surface area contributed by atoms with Crippen molar-refractivity contribution < 1.29 is 14.3 Å². The summed E-state index contributed by atoms with van der Waals surface area (Å²) < 4.78 is 4.99. The van der Waals surface area contributed by atoms with Gasteiger partial charge in [0.2, 0.25) is 5.91 Å². The van der Waals surface area contributed by atoms with Crippen LogP contribution in [0.2, 0.25) is 0 Å². The van der Waals surface area contributed by atoms with Crippen LogP contribution in [-0.2, 0) is 9.53 Å². The molecule has 0 aliphatic rings. The van der Waals surface area contributed by atoms with Crippen molar-refractivity contribution in [3.8, 4) is 6.07 Å². The molecule has 0 spiro atoms. The Morgan fingerprint density at radius 1 is 1.26 bits per heavy atom. The number of rotatable bonds is 7. The molecule has 0 atom stereocenters. The van der Waals surface area contributed by atoms with Crippen molar-refractivity contribution in [3.63, 3.8) is 0 Å². The zero-order valence-electron chi connectivity index (χ0n) is 15.6. The van der Waals surface area contributed by atoms with Gasteiger partial charge in [-0.1, -0.05) is 30.0 Å². The zero-order chi connectivity index (χ0) is 19.8. The van der Waals surface area contributed by atoms with Gasteiger partial charge in [0, 0.05) is 12.2 Å².